The summed E-state index contributed by atoms with van der Waals surface area (Å²) >= 11 is 0. The van der Waals surface area contributed by atoms with Gasteiger partial charge in [-0.15, -0.1) is 0 Å². The fourth-order valence-electron chi connectivity index (χ4n) is 2.32. The molecule has 0 bridgehead atoms. The molecule has 2 N–H and O–H groups in total. The molecule has 0 saturated heterocycles. The number of carbonyl (C=O) groups excluding carboxylic acids is 1. The highest BCUT2D eigenvalue weighted by molar-refractivity contribution is 5.66. The molecule has 4 heteroatoms. The van der Waals surface area contributed by atoms with E-state index >= 15 is 0 Å². The molecular weight excluding hydrogens is 256 g/mol. The molecular formula is C16H24O4. The van der Waals surface area contributed by atoms with E-state index in [2.05, 4.69) is 6.92 Å². The lowest BCUT2D eigenvalue weighted by molar-refractivity contribution is -0.153. The van der Waals surface area contributed by atoms with Crippen molar-refractivity contribution in [1.82, 2.24) is 0 Å². The molecule has 0 saturated carbocycles. The zero-order chi connectivity index (χ0) is 15.3. The lowest BCUT2D eigenvalue weighted by Crippen LogP contribution is -2.29. The van der Waals surface area contributed by atoms with E-state index in [0.717, 1.165) is 24.8 Å². The Bertz CT molecular complexity index is 478. The van der Waals surface area contributed by atoms with Crippen molar-refractivity contribution in [2.45, 2.75) is 59.0 Å². The highest BCUT2D eigenvalue weighted by atomic mass is 16.6. The second-order valence-electron chi connectivity index (χ2n) is 5.75. The van der Waals surface area contributed by atoms with Crippen molar-refractivity contribution >= 4 is 5.97 Å². The van der Waals surface area contributed by atoms with Crippen molar-refractivity contribution in [3.8, 4) is 11.5 Å². The molecule has 0 amide bonds. The van der Waals surface area contributed by atoms with Gasteiger partial charge in [0.15, 0.2) is 0 Å². The van der Waals surface area contributed by atoms with Gasteiger partial charge in [-0.2, -0.15) is 0 Å². The third-order valence-electron chi connectivity index (χ3n) is 3.09. The molecule has 4 nitrogen and oxygen atoms in total. The highest BCUT2D eigenvalue weighted by Crippen LogP contribution is 2.32. The highest BCUT2D eigenvalue weighted by Gasteiger charge is 2.24. The van der Waals surface area contributed by atoms with Crippen LogP contribution in [0.4, 0.5) is 0 Å². The van der Waals surface area contributed by atoms with Gasteiger partial charge in [-0.25, -0.2) is 0 Å². The minimum absolute atomic E-state index is 0.127. The lowest BCUT2D eigenvalue weighted by Gasteiger charge is -2.25. The van der Waals surface area contributed by atoms with E-state index in [1.807, 2.05) is 0 Å². The van der Waals surface area contributed by atoms with Gasteiger partial charge < -0.3 is 14.9 Å². The fourth-order valence-corrected chi connectivity index (χ4v) is 2.32. The Morgan fingerprint density at radius 2 is 1.85 bits per heavy atom. The fraction of sp³-hybridized carbons (Fsp3) is 0.562. The summed E-state index contributed by atoms with van der Waals surface area (Å²) in [7, 11) is 0. The second-order valence-corrected chi connectivity index (χ2v) is 5.75. The predicted molar refractivity (Wildman–Crippen MR) is 77.9 cm³/mol. The molecule has 1 aromatic rings. The van der Waals surface area contributed by atoms with Crippen LogP contribution in [0.15, 0.2) is 12.1 Å². The van der Waals surface area contributed by atoms with Crippen LogP contribution in [0, 0.1) is 0 Å². The van der Waals surface area contributed by atoms with Crippen molar-refractivity contribution in [1.29, 1.82) is 0 Å². The monoisotopic (exact) mass is 280 g/mol. The van der Waals surface area contributed by atoms with Gasteiger partial charge in [0.2, 0.25) is 0 Å². The van der Waals surface area contributed by atoms with Crippen LogP contribution in [0.2, 0.25) is 0 Å². The normalized spacial score (nSPS) is 11.4. The average Bonchev–Trinajstić information content (AvgIpc) is 2.29. The minimum Gasteiger partial charge on any atom is -0.508 e. The van der Waals surface area contributed by atoms with Gasteiger partial charge in [-0.3, -0.25) is 4.79 Å². The van der Waals surface area contributed by atoms with Crippen molar-refractivity contribution in [3.05, 3.63) is 23.3 Å². The van der Waals surface area contributed by atoms with Crippen LogP contribution in [-0.4, -0.2) is 21.8 Å². The van der Waals surface area contributed by atoms with Gasteiger partial charge in [0, 0.05) is 18.9 Å². The van der Waals surface area contributed by atoms with E-state index in [1.54, 1.807) is 19.9 Å². The van der Waals surface area contributed by atoms with Crippen LogP contribution in [0.5, 0.6) is 11.5 Å². The van der Waals surface area contributed by atoms with Crippen LogP contribution >= 0.6 is 0 Å². The van der Waals surface area contributed by atoms with Crippen LogP contribution < -0.4 is 0 Å². The van der Waals surface area contributed by atoms with Crippen molar-refractivity contribution in [2.75, 3.05) is 0 Å². The first-order chi connectivity index (χ1) is 9.25. The predicted octanol–water partition coefficient (Wildman–Crippen LogP) is 3.32. The molecule has 0 aromatic heterocycles. The van der Waals surface area contributed by atoms with Crippen molar-refractivity contribution in [2.24, 2.45) is 0 Å². The Labute approximate surface area is 120 Å². The summed E-state index contributed by atoms with van der Waals surface area (Å²) in [5, 5.41) is 20.1. The Morgan fingerprint density at radius 1 is 1.25 bits per heavy atom. The number of benzene rings is 1. The molecule has 0 heterocycles. The van der Waals surface area contributed by atoms with Gasteiger partial charge in [0.1, 0.15) is 17.1 Å². The van der Waals surface area contributed by atoms with Gasteiger partial charge in [-0.1, -0.05) is 13.3 Å². The van der Waals surface area contributed by atoms with E-state index in [9.17, 15) is 15.0 Å². The van der Waals surface area contributed by atoms with Crippen LogP contribution in [0.1, 0.15) is 51.7 Å². The number of phenols is 2. The van der Waals surface area contributed by atoms with Crippen LogP contribution in [-0.2, 0) is 22.4 Å². The molecule has 20 heavy (non-hydrogen) atoms. The number of hydrogen-bond donors (Lipinski definition) is 2. The van der Waals surface area contributed by atoms with Crippen molar-refractivity contribution < 1.29 is 19.7 Å². The summed E-state index contributed by atoms with van der Waals surface area (Å²) < 4.78 is 5.23. The topological polar surface area (TPSA) is 66.8 Å². The van der Waals surface area contributed by atoms with E-state index in [4.69, 9.17) is 4.74 Å². The number of aryl methyl sites for hydroxylation is 1. The minimum atomic E-state index is -0.723. The summed E-state index contributed by atoms with van der Waals surface area (Å²) in [6, 6.07) is 3.11. The van der Waals surface area contributed by atoms with Gasteiger partial charge in [-0.05, 0) is 44.4 Å². The molecule has 0 unspecified atom stereocenters. The number of phenolic OH excluding ortho intramolecular Hbond substituents is 2. The molecule has 0 spiro atoms. The standard InChI is InChI=1S/C16H24O4/c1-5-6-7-12-8-14(18)9-13(15(12)19)10-16(3,4)20-11(2)17/h8-9,18-19H,5-7,10H2,1-4H3. The van der Waals surface area contributed by atoms with Crippen LogP contribution in [0.3, 0.4) is 0 Å². The number of carbonyl (C=O) groups is 1. The molecule has 0 atom stereocenters. The molecule has 0 fully saturated rings. The maximum atomic E-state index is 11.1. The smallest absolute Gasteiger partial charge is 0.303 e. The maximum Gasteiger partial charge on any atom is 0.303 e. The molecule has 1 rings (SSSR count). The molecule has 0 radical (unpaired) electrons. The van der Waals surface area contributed by atoms with Gasteiger partial charge in [0.25, 0.3) is 0 Å². The number of rotatable bonds is 6. The third-order valence-corrected chi connectivity index (χ3v) is 3.09. The van der Waals surface area contributed by atoms with Crippen LogP contribution in [0.25, 0.3) is 0 Å². The number of ether oxygens (including phenoxy) is 1. The zero-order valence-electron chi connectivity index (χ0n) is 12.7. The largest absolute Gasteiger partial charge is 0.508 e. The maximum absolute atomic E-state index is 11.1. The summed E-state index contributed by atoms with van der Waals surface area (Å²) in [5.41, 5.74) is 0.613. The SMILES string of the molecule is CCCCc1cc(O)cc(CC(C)(C)OC(C)=O)c1O. The summed E-state index contributed by atoms with van der Waals surface area (Å²) in [4.78, 5) is 11.1. The van der Waals surface area contributed by atoms with E-state index in [0.29, 0.717) is 12.0 Å². The molecule has 0 aliphatic heterocycles. The average molecular weight is 280 g/mol. The summed E-state index contributed by atoms with van der Waals surface area (Å²) in [5.74, 6) is -0.0418. The number of hydrogen-bond acceptors (Lipinski definition) is 4. The molecule has 0 aliphatic rings. The quantitative estimate of drug-likeness (QED) is 0.619. The molecule has 0 aliphatic carbocycles. The molecule has 1 aromatic carbocycles. The second kappa shape index (κ2) is 6.64. The third kappa shape index (κ3) is 4.76. The zero-order valence-corrected chi connectivity index (χ0v) is 12.7. The first-order valence-electron chi connectivity index (χ1n) is 6.98. The summed E-state index contributed by atoms with van der Waals surface area (Å²) in [6.45, 7) is 6.99. The van der Waals surface area contributed by atoms with Gasteiger partial charge in [0.05, 0.1) is 0 Å². The molecule has 112 valence electrons. The van der Waals surface area contributed by atoms with Crippen molar-refractivity contribution in [3.63, 3.8) is 0 Å². The first-order valence-corrected chi connectivity index (χ1v) is 6.98. The Hall–Kier alpha value is -1.71. The number of unbranched alkanes of at least 4 members (excludes halogenated alkanes) is 1. The number of esters is 1. The Morgan fingerprint density at radius 3 is 2.40 bits per heavy atom. The van der Waals surface area contributed by atoms with E-state index in [-0.39, 0.29) is 17.5 Å². The lowest BCUT2D eigenvalue weighted by atomic mass is 9.94. The Kier molecular flexibility index (Phi) is 5.43. The van der Waals surface area contributed by atoms with E-state index < -0.39 is 5.60 Å². The van der Waals surface area contributed by atoms with Gasteiger partial charge >= 0.3 is 5.97 Å². The first kappa shape index (κ1) is 16.3. The van der Waals surface area contributed by atoms with E-state index in [1.165, 1.54) is 13.0 Å². The number of aromatic hydroxyl groups is 2. The Balaban J connectivity index is 3.00. The summed E-state index contributed by atoms with van der Waals surface area (Å²) in [6.07, 6.45) is 3.04.